The molecule has 0 spiro atoms. The Bertz CT molecular complexity index is 1130. The van der Waals surface area contributed by atoms with Gasteiger partial charge < -0.3 is 24.7 Å². The number of hydrogen-bond acceptors (Lipinski definition) is 8. The van der Waals surface area contributed by atoms with Gasteiger partial charge in [-0.15, -0.1) is 16.4 Å². The van der Waals surface area contributed by atoms with Crippen LogP contribution in [0.3, 0.4) is 0 Å². The van der Waals surface area contributed by atoms with Crippen LogP contribution in [-0.4, -0.2) is 31.5 Å². The molecule has 8 nitrogen and oxygen atoms in total. The third-order valence-electron chi connectivity index (χ3n) is 4.75. The van der Waals surface area contributed by atoms with Crippen LogP contribution in [0.1, 0.15) is 17.0 Å². The minimum Gasteiger partial charge on any atom is -0.496 e. The maximum absolute atomic E-state index is 9.88. The van der Waals surface area contributed by atoms with Crippen molar-refractivity contribution in [3.05, 3.63) is 52.2 Å². The lowest BCUT2D eigenvalue weighted by Gasteiger charge is -2.26. The standard InChI is InChI=1S/C20H18N4O4S/c1-25-12-8-14(27-3)13(26-2)7-10(12)16-11(9-21)19(22)28-20-17(16)18(23-24-20)15-5-4-6-29-15/h4-8,16H,22H2,1-3H3,(H,23,24)/t16-/m0/s1. The number of ether oxygens (including phenoxy) is 4. The van der Waals surface area contributed by atoms with Crippen LogP contribution in [-0.2, 0) is 0 Å². The van der Waals surface area contributed by atoms with Gasteiger partial charge in [-0.25, -0.2) is 0 Å². The number of H-pyrrole nitrogens is 1. The number of thiophene rings is 1. The Hall–Kier alpha value is -3.64. The summed E-state index contributed by atoms with van der Waals surface area (Å²) in [6.45, 7) is 0. The van der Waals surface area contributed by atoms with Crippen molar-refractivity contribution in [3.63, 3.8) is 0 Å². The first-order chi connectivity index (χ1) is 14.1. The zero-order chi connectivity index (χ0) is 20.5. The smallest absolute Gasteiger partial charge is 0.244 e. The number of fused-ring (bicyclic) bond motifs is 1. The SMILES string of the molecule is COc1cc(OC)c([C@H]2C(C#N)=C(N)Oc3n[nH]c(-c4cccs4)c32)cc1OC. The first kappa shape index (κ1) is 18.7. The molecule has 1 aliphatic rings. The Morgan fingerprint density at radius 1 is 1.17 bits per heavy atom. The molecule has 2 aromatic heterocycles. The Morgan fingerprint density at radius 3 is 2.52 bits per heavy atom. The van der Waals surface area contributed by atoms with Crippen LogP contribution in [0.5, 0.6) is 23.1 Å². The lowest BCUT2D eigenvalue weighted by molar-refractivity contribution is 0.346. The highest BCUT2D eigenvalue weighted by Gasteiger charge is 2.38. The fourth-order valence-corrected chi connectivity index (χ4v) is 4.18. The van der Waals surface area contributed by atoms with E-state index in [0.29, 0.717) is 34.3 Å². The number of aromatic amines is 1. The molecule has 148 valence electrons. The van der Waals surface area contributed by atoms with E-state index in [9.17, 15) is 5.26 Å². The fraction of sp³-hybridized carbons (Fsp3) is 0.200. The average molecular weight is 410 g/mol. The summed E-state index contributed by atoms with van der Waals surface area (Å²) >= 11 is 1.55. The second kappa shape index (κ2) is 7.41. The van der Waals surface area contributed by atoms with Gasteiger partial charge in [-0.1, -0.05) is 6.07 Å². The number of rotatable bonds is 5. The highest BCUT2D eigenvalue weighted by Crippen LogP contribution is 2.50. The average Bonchev–Trinajstić information content (AvgIpc) is 3.41. The Balaban J connectivity index is 2.01. The van der Waals surface area contributed by atoms with Crippen LogP contribution in [0.15, 0.2) is 41.1 Å². The normalized spacial score (nSPS) is 15.3. The van der Waals surface area contributed by atoms with Gasteiger partial charge in [0.1, 0.15) is 17.4 Å². The van der Waals surface area contributed by atoms with Crippen molar-refractivity contribution in [1.82, 2.24) is 10.2 Å². The lowest BCUT2D eigenvalue weighted by Crippen LogP contribution is -2.21. The topological polar surface area (TPSA) is 115 Å². The minimum absolute atomic E-state index is 0.00562. The van der Waals surface area contributed by atoms with Crippen molar-refractivity contribution in [2.24, 2.45) is 5.73 Å². The number of nitrogens with one attached hydrogen (secondary N) is 1. The predicted octanol–water partition coefficient (Wildman–Crippen LogP) is 3.38. The van der Waals surface area contributed by atoms with Gasteiger partial charge in [-0.05, 0) is 17.5 Å². The lowest BCUT2D eigenvalue weighted by atomic mass is 9.83. The van der Waals surface area contributed by atoms with Crippen LogP contribution in [0.4, 0.5) is 0 Å². The minimum atomic E-state index is -0.561. The molecule has 3 N–H and O–H groups in total. The summed E-state index contributed by atoms with van der Waals surface area (Å²) in [6.07, 6.45) is 0. The van der Waals surface area contributed by atoms with Gasteiger partial charge in [0, 0.05) is 11.6 Å². The largest absolute Gasteiger partial charge is 0.496 e. The van der Waals surface area contributed by atoms with Crippen molar-refractivity contribution in [1.29, 1.82) is 5.26 Å². The van der Waals surface area contributed by atoms with E-state index in [-0.39, 0.29) is 11.5 Å². The number of allylic oxidation sites excluding steroid dienone is 1. The van der Waals surface area contributed by atoms with Crippen LogP contribution in [0.25, 0.3) is 10.6 Å². The molecule has 4 rings (SSSR count). The molecule has 29 heavy (non-hydrogen) atoms. The molecule has 1 aromatic carbocycles. The third kappa shape index (κ3) is 2.94. The fourth-order valence-electron chi connectivity index (χ4n) is 3.44. The Labute approximate surface area is 171 Å². The molecule has 3 aromatic rings. The molecule has 0 saturated heterocycles. The monoisotopic (exact) mass is 410 g/mol. The molecule has 0 amide bonds. The molecular formula is C20H18N4O4S. The van der Waals surface area contributed by atoms with E-state index in [1.807, 2.05) is 17.5 Å². The summed E-state index contributed by atoms with van der Waals surface area (Å²) < 4.78 is 22.1. The molecule has 1 aliphatic heterocycles. The van der Waals surface area contributed by atoms with Crippen molar-refractivity contribution in [2.75, 3.05) is 21.3 Å². The molecule has 9 heteroatoms. The van der Waals surface area contributed by atoms with Gasteiger partial charge in [0.15, 0.2) is 11.5 Å². The summed E-state index contributed by atoms with van der Waals surface area (Å²) in [6, 6.07) is 9.60. The van der Waals surface area contributed by atoms with Gasteiger partial charge in [0.2, 0.25) is 11.8 Å². The van der Waals surface area contributed by atoms with Gasteiger partial charge in [0.25, 0.3) is 0 Å². The quantitative estimate of drug-likeness (QED) is 0.662. The highest BCUT2D eigenvalue weighted by atomic mass is 32.1. The van der Waals surface area contributed by atoms with Gasteiger partial charge in [-0.2, -0.15) is 5.26 Å². The van der Waals surface area contributed by atoms with E-state index in [2.05, 4.69) is 16.3 Å². The number of aromatic nitrogens is 2. The molecule has 0 aliphatic carbocycles. The predicted molar refractivity (Wildman–Crippen MR) is 107 cm³/mol. The summed E-state index contributed by atoms with van der Waals surface area (Å²) in [5, 5.41) is 19.1. The molecule has 0 fully saturated rings. The Kier molecular flexibility index (Phi) is 4.78. The van der Waals surface area contributed by atoms with Crippen molar-refractivity contribution in [2.45, 2.75) is 5.92 Å². The van der Waals surface area contributed by atoms with E-state index in [1.165, 1.54) is 0 Å². The molecule has 0 saturated carbocycles. The van der Waals surface area contributed by atoms with Gasteiger partial charge in [-0.3, -0.25) is 5.10 Å². The first-order valence-corrected chi connectivity index (χ1v) is 9.50. The number of hydrogen-bond donors (Lipinski definition) is 2. The van der Waals surface area contributed by atoms with Crippen molar-refractivity contribution < 1.29 is 18.9 Å². The zero-order valence-corrected chi connectivity index (χ0v) is 16.8. The third-order valence-corrected chi connectivity index (χ3v) is 5.64. The number of nitriles is 1. The summed E-state index contributed by atoms with van der Waals surface area (Å²) in [5.41, 5.74) is 8.49. The maximum Gasteiger partial charge on any atom is 0.244 e. The van der Waals surface area contributed by atoms with Crippen LogP contribution >= 0.6 is 11.3 Å². The number of methoxy groups -OCH3 is 3. The molecule has 3 heterocycles. The number of nitrogens with two attached hydrogens (primary N) is 1. The van der Waals surface area contributed by atoms with Crippen LogP contribution in [0, 0.1) is 11.3 Å². The van der Waals surface area contributed by atoms with Gasteiger partial charge in [0.05, 0.1) is 43.4 Å². The molecule has 0 unspecified atom stereocenters. The highest BCUT2D eigenvalue weighted by molar-refractivity contribution is 7.13. The first-order valence-electron chi connectivity index (χ1n) is 8.62. The van der Waals surface area contributed by atoms with E-state index >= 15 is 0 Å². The van der Waals surface area contributed by atoms with Crippen LogP contribution < -0.4 is 24.7 Å². The second-order valence-corrected chi connectivity index (χ2v) is 7.12. The summed E-state index contributed by atoms with van der Waals surface area (Å²) in [5.74, 6) is 1.32. The maximum atomic E-state index is 9.88. The summed E-state index contributed by atoms with van der Waals surface area (Å²) in [4.78, 5) is 0.963. The number of benzene rings is 1. The molecule has 1 atom stereocenters. The molecular weight excluding hydrogens is 392 g/mol. The van der Waals surface area contributed by atoms with E-state index in [0.717, 1.165) is 10.6 Å². The van der Waals surface area contributed by atoms with E-state index in [1.54, 1.807) is 44.8 Å². The number of nitrogens with zero attached hydrogens (tertiary/aromatic N) is 2. The zero-order valence-electron chi connectivity index (χ0n) is 16.0. The van der Waals surface area contributed by atoms with Gasteiger partial charge >= 0.3 is 0 Å². The summed E-state index contributed by atoms with van der Waals surface area (Å²) in [7, 11) is 4.65. The van der Waals surface area contributed by atoms with Crippen molar-refractivity contribution in [3.8, 4) is 39.8 Å². The molecule has 0 bridgehead atoms. The molecule has 0 radical (unpaired) electrons. The van der Waals surface area contributed by atoms with E-state index in [4.69, 9.17) is 24.7 Å². The van der Waals surface area contributed by atoms with Crippen molar-refractivity contribution >= 4 is 11.3 Å². The van der Waals surface area contributed by atoms with E-state index < -0.39 is 5.92 Å². The Morgan fingerprint density at radius 2 is 1.90 bits per heavy atom. The second-order valence-electron chi connectivity index (χ2n) is 6.17. The van der Waals surface area contributed by atoms with Crippen LogP contribution in [0.2, 0.25) is 0 Å².